The summed E-state index contributed by atoms with van der Waals surface area (Å²) >= 11 is 0. The van der Waals surface area contributed by atoms with Crippen LogP contribution >= 0.6 is 0 Å². The number of rotatable bonds is 5. The smallest absolute Gasteiger partial charge is 0.338 e. The quantitative estimate of drug-likeness (QED) is 0.769. The molecule has 0 bridgehead atoms. The van der Waals surface area contributed by atoms with Crippen LogP contribution < -0.4 is 4.90 Å². The fourth-order valence-electron chi connectivity index (χ4n) is 1.08. The lowest BCUT2D eigenvalue weighted by molar-refractivity contribution is 0.0696. The van der Waals surface area contributed by atoms with Crippen LogP contribution in [0.2, 0.25) is 0 Å². The Morgan fingerprint density at radius 3 is 2.25 bits per heavy atom. The minimum atomic E-state index is -1.01. The molecular formula is C10H16N4O2. The van der Waals surface area contributed by atoms with Gasteiger partial charge in [-0.25, -0.2) is 14.8 Å². The van der Waals surface area contributed by atoms with Gasteiger partial charge in [-0.1, -0.05) is 0 Å². The molecule has 0 aliphatic heterocycles. The van der Waals surface area contributed by atoms with E-state index in [0.29, 0.717) is 5.95 Å². The molecule has 1 aromatic rings. The lowest BCUT2D eigenvalue weighted by atomic mass is 10.3. The Kier molecular flexibility index (Phi) is 4.19. The molecule has 0 amide bonds. The number of likely N-dealkylation sites (N-methyl/N-ethyl adjacent to an activating group) is 2. The molecule has 0 fully saturated rings. The monoisotopic (exact) mass is 224 g/mol. The molecule has 0 unspecified atom stereocenters. The highest BCUT2D eigenvalue weighted by Crippen LogP contribution is 2.04. The maximum atomic E-state index is 10.6. The van der Waals surface area contributed by atoms with Gasteiger partial charge in [0.05, 0.1) is 5.56 Å². The van der Waals surface area contributed by atoms with Crippen molar-refractivity contribution >= 4 is 11.9 Å². The number of nitrogens with zero attached hydrogens (tertiary/aromatic N) is 4. The average molecular weight is 224 g/mol. The lowest BCUT2D eigenvalue weighted by Gasteiger charge is -2.19. The van der Waals surface area contributed by atoms with E-state index in [0.717, 1.165) is 13.1 Å². The van der Waals surface area contributed by atoms with E-state index in [1.165, 1.54) is 12.4 Å². The normalized spacial score (nSPS) is 10.5. The summed E-state index contributed by atoms with van der Waals surface area (Å²) in [5.41, 5.74) is 0.102. The van der Waals surface area contributed by atoms with Gasteiger partial charge in [0, 0.05) is 32.5 Å². The second kappa shape index (κ2) is 5.41. The maximum absolute atomic E-state index is 10.6. The summed E-state index contributed by atoms with van der Waals surface area (Å²) in [5.74, 6) is -0.477. The number of aromatic carboxylic acids is 1. The summed E-state index contributed by atoms with van der Waals surface area (Å²) in [6, 6.07) is 0. The second-order valence-corrected chi connectivity index (χ2v) is 3.80. The van der Waals surface area contributed by atoms with Gasteiger partial charge in [0.15, 0.2) is 0 Å². The Labute approximate surface area is 94.5 Å². The minimum Gasteiger partial charge on any atom is -0.478 e. The third-order valence-corrected chi connectivity index (χ3v) is 2.11. The van der Waals surface area contributed by atoms with Crippen LogP contribution in [-0.2, 0) is 0 Å². The molecule has 0 aliphatic rings. The number of aromatic nitrogens is 2. The van der Waals surface area contributed by atoms with Crippen molar-refractivity contribution in [3.8, 4) is 0 Å². The number of carbonyl (C=O) groups is 1. The van der Waals surface area contributed by atoms with E-state index in [2.05, 4.69) is 14.9 Å². The number of hydrogen-bond acceptors (Lipinski definition) is 5. The largest absolute Gasteiger partial charge is 0.478 e. The van der Waals surface area contributed by atoms with Crippen LogP contribution in [0, 0.1) is 0 Å². The average Bonchev–Trinajstić information content (AvgIpc) is 2.26. The van der Waals surface area contributed by atoms with E-state index in [1.54, 1.807) is 0 Å². The van der Waals surface area contributed by atoms with Crippen LogP contribution in [0.1, 0.15) is 10.4 Å². The highest BCUT2D eigenvalue weighted by Gasteiger charge is 2.07. The molecule has 1 rings (SSSR count). The SMILES string of the molecule is CN(C)CCN(C)c1ncc(C(=O)O)cn1. The van der Waals surface area contributed by atoms with E-state index in [1.807, 2.05) is 26.0 Å². The van der Waals surface area contributed by atoms with E-state index < -0.39 is 5.97 Å². The minimum absolute atomic E-state index is 0.102. The zero-order valence-electron chi connectivity index (χ0n) is 9.71. The first-order chi connectivity index (χ1) is 7.50. The Morgan fingerprint density at radius 2 is 1.81 bits per heavy atom. The van der Waals surface area contributed by atoms with Crippen molar-refractivity contribution in [2.24, 2.45) is 0 Å². The van der Waals surface area contributed by atoms with Crippen molar-refractivity contribution in [1.82, 2.24) is 14.9 Å². The molecule has 0 radical (unpaired) electrons. The molecule has 0 aromatic carbocycles. The van der Waals surface area contributed by atoms with Gasteiger partial charge in [-0.05, 0) is 14.1 Å². The van der Waals surface area contributed by atoms with Crippen LogP contribution in [0.15, 0.2) is 12.4 Å². The molecular weight excluding hydrogens is 208 g/mol. The topological polar surface area (TPSA) is 69.6 Å². The first-order valence-corrected chi connectivity index (χ1v) is 4.92. The predicted molar refractivity (Wildman–Crippen MR) is 60.8 cm³/mol. The van der Waals surface area contributed by atoms with Gasteiger partial charge in [-0.15, -0.1) is 0 Å². The van der Waals surface area contributed by atoms with Gasteiger partial charge in [0.25, 0.3) is 0 Å². The molecule has 0 spiro atoms. The fraction of sp³-hybridized carbons (Fsp3) is 0.500. The number of carboxylic acid groups (broad SMARTS) is 1. The summed E-state index contributed by atoms with van der Waals surface area (Å²) in [6.07, 6.45) is 2.63. The maximum Gasteiger partial charge on any atom is 0.338 e. The van der Waals surface area contributed by atoms with Gasteiger partial charge in [0.2, 0.25) is 5.95 Å². The van der Waals surface area contributed by atoms with Crippen LogP contribution in [0.25, 0.3) is 0 Å². The molecule has 0 atom stereocenters. The summed E-state index contributed by atoms with van der Waals surface area (Å²) in [4.78, 5) is 22.5. The van der Waals surface area contributed by atoms with Crippen molar-refractivity contribution in [1.29, 1.82) is 0 Å². The Bertz CT molecular complexity index is 350. The summed E-state index contributed by atoms with van der Waals surface area (Å²) < 4.78 is 0. The third kappa shape index (κ3) is 3.47. The fourth-order valence-corrected chi connectivity index (χ4v) is 1.08. The van der Waals surface area contributed by atoms with Crippen LogP contribution in [0.3, 0.4) is 0 Å². The summed E-state index contributed by atoms with van der Waals surface area (Å²) in [5, 5.41) is 8.69. The van der Waals surface area contributed by atoms with E-state index >= 15 is 0 Å². The number of anilines is 1. The van der Waals surface area contributed by atoms with E-state index in [4.69, 9.17) is 5.11 Å². The van der Waals surface area contributed by atoms with Gasteiger partial charge in [0.1, 0.15) is 0 Å². The van der Waals surface area contributed by atoms with E-state index in [-0.39, 0.29) is 5.56 Å². The van der Waals surface area contributed by atoms with Gasteiger partial charge in [-0.3, -0.25) is 0 Å². The first kappa shape index (κ1) is 12.4. The predicted octanol–water partition coefficient (Wildman–Crippen LogP) is 0.173. The number of carboxylic acids is 1. The van der Waals surface area contributed by atoms with Crippen molar-refractivity contribution < 1.29 is 9.90 Å². The lowest BCUT2D eigenvalue weighted by Crippen LogP contribution is -2.29. The molecule has 6 nitrogen and oxygen atoms in total. The molecule has 0 aliphatic carbocycles. The Morgan fingerprint density at radius 1 is 1.25 bits per heavy atom. The highest BCUT2D eigenvalue weighted by atomic mass is 16.4. The number of hydrogen-bond donors (Lipinski definition) is 1. The first-order valence-electron chi connectivity index (χ1n) is 4.92. The van der Waals surface area contributed by atoms with Crippen LogP contribution in [0.5, 0.6) is 0 Å². The molecule has 1 aromatic heterocycles. The second-order valence-electron chi connectivity index (χ2n) is 3.80. The summed E-state index contributed by atoms with van der Waals surface area (Å²) in [7, 11) is 5.85. The Balaban J connectivity index is 2.63. The van der Waals surface area contributed by atoms with Crippen molar-refractivity contribution in [2.75, 3.05) is 39.1 Å². The van der Waals surface area contributed by atoms with E-state index in [9.17, 15) is 4.79 Å². The van der Waals surface area contributed by atoms with Crippen LogP contribution in [0.4, 0.5) is 5.95 Å². The molecule has 0 saturated heterocycles. The highest BCUT2D eigenvalue weighted by molar-refractivity contribution is 5.86. The Hall–Kier alpha value is -1.69. The van der Waals surface area contributed by atoms with Crippen LogP contribution in [-0.4, -0.2) is 60.2 Å². The third-order valence-electron chi connectivity index (χ3n) is 2.11. The molecule has 1 heterocycles. The van der Waals surface area contributed by atoms with Crippen molar-refractivity contribution in [3.63, 3.8) is 0 Å². The van der Waals surface area contributed by atoms with Gasteiger partial charge >= 0.3 is 5.97 Å². The summed E-state index contributed by atoms with van der Waals surface area (Å²) in [6.45, 7) is 1.68. The van der Waals surface area contributed by atoms with Crippen molar-refractivity contribution in [3.05, 3.63) is 18.0 Å². The van der Waals surface area contributed by atoms with Crippen molar-refractivity contribution in [2.45, 2.75) is 0 Å². The molecule has 0 saturated carbocycles. The zero-order valence-corrected chi connectivity index (χ0v) is 9.71. The zero-order chi connectivity index (χ0) is 12.1. The molecule has 88 valence electrons. The van der Waals surface area contributed by atoms with Gasteiger partial charge < -0.3 is 14.9 Å². The molecule has 16 heavy (non-hydrogen) atoms. The standard InChI is InChI=1S/C10H16N4O2/c1-13(2)4-5-14(3)10-11-6-8(7-12-10)9(15)16/h6-7H,4-5H2,1-3H3,(H,15,16). The molecule has 1 N–H and O–H groups in total. The molecule has 6 heteroatoms. The van der Waals surface area contributed by atoms with Gasteiger partial charge in [-0.2, -0.15) is 0 Å².